The summed E-state index contributed by atoms with van der Waals surface area (Å²) in [4.78, 5) is 41.6. The van der Waals surface area contributed by atoms with Gasteiger partial charge in [0, 0.05) is 20.1 Å². The first-order valence-electron chi connectivity index (χ1n) is 8.93. The Balaban J connectivity index is 2.02. The smallest absolute Gasteiger partial charge is 0.332 e. The summed E-state index contributed by atoms with van der Waals surface area (Å²) in [5, 5.41) is 3.39. The maximum atomic E-state index is 12.7. The standard InChI is InChI=1S/C18H25N5O3/c1-10-8-13(16(24)21-12-7-5-4-6-11(12)9-19)20-15-14(10)17(25)23(3)18(26)22(15)2/h8,11-12H,4-7,9,19H2,1-3H3,(H,21,24). The van der Waals surface area contributed by atoms with Gasteiger partial charge in [0.1, 0.15) is 11.3 Å². The molecule has 0 aromatic carbocycles. The highest BCUT2D eigenvalue weighted by Crippen LogP contribution is 2.24. The van der Waals surface area contributed by atoms with E-state index in [1.807, 2.05) is 0 Å². The van der Waals surface area contributed by atoms with Gasteiger partial charge in [0.05, 0.1) is 5.39 Å². The zero-order valence-electron chi connectivity index (χ0n) is 15.4. The highest BCUT2D eigenvalue weighted by molar-refractivity contribution is 5.95. The van der Waals surface area contributed by atoms with Crippen molar-refractivity contribution in [3.63, 3.8) is 0 Å². The summed E-state index contributed by atoms with van der Waals surface area (Å²) in [6.45, 7) is 2.29. The number of aryl methyl sites for hydroxylation is 2. The number of carbonyl (C=O) groups is 1. The zero-order valence-corrected chi connectivity index (χ0v) is 15.4. The van der Waals surface area contributed by atoms with Gasteiger partial charge < -0.3 is 11.1 Å². The molecule has 8 heteroatoms. The van der Waals surface area contributed by atoms with E-state index >= 15 is 0 Å². The van der Waals surface area contributed by atoms with Crippen molar-refractivity contribution in [3.8, 4) is 0 Å². The van der Waals surface area contributed by atoms with Crippen LogP contribution in [0.15, 0.2) is 15.7 Å². The van der Waals surface area contributed by atoms with Crippen molar-refractivity contribution in [3.05, 3.63) is 38.2 Å². The molecule has 2 aromatic rings. The third-order valence-corrected chi connectivity index (χ3v) is 5.37. The molecule has 2 unspecified atom stereocenters. The molecule has 2 atom stereocenters. The average Bonchev–Trinajstić information content (AvgIpc) is 2.64. The molecule has 0 radical (unpaired) electrons. The van der Waals surface area contributed by atoms with E-state index in [1.54, 1.807) is 20.0 Å². The first-order chi connectivity index (χ1) is 12.3. The third-order valence-electron chi connectivity index (χ3n) is 5.37. The van der Waals surface area contributed by atoms with Gasteiger partial charge in [0.25, 0.3) is 11.5 Å². The maximum absolute atomic E-state index is 12.7. The minimum absolute atomic E-state index is 0.0338. The lowest BCUT2D eigenvalue weighted by molar-refractivity contribution is 0.0903. The third kappa shape index (κ3) is 3.05. The van der Waals surface area contributed by atoms with Crippen molar-refractivity contribution in [2.24, 2.45) is 25.7 Å². The maximum Gasteiger partial charge on any atom is 0.332 e. The van der Waals surface area contributed by atoms with Gasteiger partial charge in [-0.15, -0.1) is 0 Å². The van der Waals surface area contributed by atoms with Gasteiger partial charge in [-0.25, -0.2) is 9.78 Å². The van der Waals surface area contributed by atoms with Crippen molar-refractivity contribution < 1.29 is 4.79 Å². The summed E-state index contributed by atoms with van der Waals surface area (Å²) in [6.07, 6.45) is 4.11. The summed E-state index contributed by atoms with van der Waals surface area (Å²) in [5.41, 5.74) is 6.01. The minimum Gasteiger partial charge on any atom is -0.348 e. The Morgan fingerprint density at radius 3 is 2.65 bits per heavy atom. The number of aromatic nitrogens is 3. The van der Waals surface area contributed by atoms with Crippen molar-refractivity contribution in [2.45, 2.75) is 38.6 Å². The van der Waals surface area contributed by atoms with Gasteiger partial charge in [-0.1, -0.05) is 12.8 Å². The second kappa shape index (κ2) is 7.03. The van der Waals surface area contributed by atoms with E-state index in [-0.39, 0.29) is 29.2 Å². The predicted octanol–water partition coefficient (Wildman–Crippen LogP) is 0.188. The lowest BCUT2D eigenvalue weighted by atomic mass is 9.84. The molecule has 0 bridgehead atoms. The second-order valence-corrected chi connectivity index (χ2v) is 7.09. The number of fused-ring (bicyclic) bond motifs is 1. The van der Waals surface area contributed by atoms with Gasteiger partial charge in [-0.05, 0) is 43.9 Å². The first-order valence-corrected chi connectivity index (χ1v) is 8.93. The summed E-state index contributed by atoms with van der Waals surface area (Å²) in [7, 11) is 2.98. The molecule has 140 valence electrons. The Hall–Kier alpha value is -2.48. The van der Waals surface area contributed by atoms with E-state index in [4.69, 9.17) is 5.73 Å². The van der Waals surface area contributed by atoms with E-state index < -0.39 is 11.2 Å². The van der Waals surface area contributed by atoms with Crippen LogP contribution in [0.3, 0.4) is 0 Å². The fourth-order valence-corrected chi connectivity index (χ4v) is 3.77. The van der Waals surface area contributed by atoms with Gasteiger partial charge in [-0.3, -0.25) is 18.7 Å². The SMILES string of the molecule is Cc1cc(C(=O)NC2CCCCC2CN)nc2c1c(=O)n(C)c(=O)n2C. The van der Waals surface area contributed by atoms with Crippen LogP contribution in [-0.2, 0) is 14.1 Å². The van der Waals surface area contributed by atoms with Crippen LogP contribution in [0, 0.1) is 12.8 Å². The van der Waals surface area contributed by atoms with Gasteiger partial charge >= 0.3 is 5.69 Å². The van der Waals surface area contributed by atoms with E-state index in [2.05, 4.69) is 10.3 Å². The molecule has 3 rings (SSSR count). The number of hydrogen-bond donors (Lipinski definition) is 2. The number of carbonyl (C=O) groups excluding carboxylic acids is 1. The molecule has 3 N–H and O–H groups in total. The molecule has 0 saturated heterocycles. The monoisotopic (exact) mass is 359 g/mol. The fraction of sp³-hybridized carbons (Fsp3) is 0.556. The van der Waals surface area contributed by atoms with Crippen molar-refractivity contribution in [1.82, 2.24) is 19.4 Å². The van der Waals surface area contributed by atoms with Gasteiger partial charge in [-0.2, -0.15) is 0 Å². The molecule has 1 fully saturated rings. The van der Waals surface area contributed by atoms with Crippen LogP contribution in [0.25, 0.3) is 11.0 Å². The molecule has 2 aromatic heterocycles. The largest absolute Gasteiger partial charge is 0.348 e. The lowest BCUT2D eigenvalue weighted by Gasteiger charge is -2.31. The van der Waals surface area contributed by atoms with Crippen molar-refractivity contribution in [1.29, 1.82) is 0 Å². The van der Waals surface area contributed by atoms with Gasteiger partial charge in [0.15, 0.2) is 0 Å². The second-order valence-electron chi connectivity index (χ2n) is 7.09. The van der Waals surface area contributed by atoms with Crippen LogP contribution in [0.1, 0.15) is 41.7 Å². The Labute approximate surface area is 151 Å². The molecule has 1 aliphatic carbocycles. The lowest BCUT2D eigenvalue weighted by Crippen LogP contribution is -2.45. The first kappa shape index (κ1) is 18.3. The summed E-state index contributed by atoms with van der Waals surface area (Å²) >= 11 is 0. The van der Waals surface area contributed by atoms with Crippen LogP contribution >= 0.6 is 0 Å². The van der Waals surface area contributed by atoms with E-state index in [9.17, 15) is 14.4 Å². The summed E-state index contributed by atoms with van der Waals surface area (Å²) in [5.74, 6) is -0.0284. The molecular weight excluding hydrogens is 334 g/mol. The van der Waals surface area contributed by atoms with Crippen LogP contribution < -0.4 is 22.3 Å². The van der Waals surface area contributed by atoms with E-state index in [1.165, 1.54) is 11.6 Å². The number of nitrogens with one attached hydrogen (secondary N) is 1. The molecule has 0 aliphatic heterocycles. The topological polar surface area (TPSA) is 112 Å². The molecule has 8 nitrogen and oxygen atoms in total. The molecule has 1 saturated carbocycles. The number of pyridine rings is 1. The molecule has 0 spiro atoms. The Kier molecular flexibility index (Phi) is 4.95. The van der Waals surface area contributed by atoms with E-state index in [0.29, 0.717) is 17.5 Å². The number of nitrogens with zero attached hydrogens (tertiary/aromatic N) is 3. The Bertz CT molecular complexity index is 975. The summed E-state index contributed by atoms with van der Waals surface area (Å²) in [6, 6.07) is 1.63. The van der Waals surface area contributed by atoms with Crippen LogP contribution in [0.5, 0.6) is 0 Å². The highest BCUT2D eigenvalue weighted by Gasteiger charge is 2.26. The van der Waals surface area contributed by atoms with Gasteiger partial charge in [0.2, 0.25) is 0 Å². The Morgan fingerprint density at radius 2 is 1.96 bits per heavy atom. The quantitative estimate of drug-likeness (QED) is 0.812. The minimum atomic E-state index is -0.470. The molecule has 1 aliphatic rings. The predicted molar refractivity (Wildman–Crippen MR) is 99.2 cm³/mol. The van der Waals surface area contributed by atoms with Crippen LogP contribution in [0.2, 0.25) is 0 Å². The number of rotatable bonds is 3. The highest BCUT2D eigenvalue weighted by atomic mass is 16.2. The van der Waals surface area contributed by atoms with Crippen molar-refractivity contribution in [2.75, 3.05) is 6.54 Å². The number of hydrogen-bond acceptors (Lipinski definition) is 5. The molecule has 1 amide bonds. The summed E-state index contributed by atoms with van der Waals surface area (Å²) < 4.78 is 2.34. The average molecular weight is 359 g/mol. The van der Waals surface area contributed by atoms with Crippen molar-refractivity contribution >= 4 is 16.9 Å². The fourth-order valence-electron chi connectivity index (χ4n) is 3.77. The normalized spacial score (nSPS) is 20.3. The van der Waals surface area contributed by atoms with E-state index in [0.717, 1.165) is 30.3 Å². The van der Waals surface area contributed by atoms with Crippen LogP contribution in [-0.4, -0.2) is 32.6 Å². The molecule has 26 heavy (non-hydrogen) atoms. The molecule has 2 heterocycles. The Morgan fingerprint density at radius 1 is 1.27 bits per heavy atom. The molecular formula is C18H25N5O3. The number of nitrogens with two attached hydrogens (primary N) is 1. The van der Waals surface area contributed by atoms with Crippen LogP contribution in [0.4, 0.5) is 0 Å². The zero-order chi connectivity index (χ0) is 19.0. The number of amides is 1.